The Morgan fingerprint density at radius 1 is 0.912 bits per heavy atom. The molecular weight excluding hydrogens is 431 g/mol. The van der Waals surface area contributed by atoms with Crippen LogP contribution in [0.15, 0.2) is 78.9 Å². The molecule has 3 aromatic carbocycles. The van der Waals surface area contributed by atoms with Crippen LogP contribution in [-0.2, 0) is 6.42 Å². The van der Waals surface area contributed by atoms with Crippen LogP contribution < -0.4 is 9.64 Å². The summed E-state index contributed by atoms with van der Waals surface area (Å²) < 4.78 is 19.0. The van der Waals surface area contributed by atoms with E-state index in [0.717, 1.165) is 37.4 Å². The van der Waals surface area contributed by atoms with Gasteiger partial charge in [0.1, 0.15) is 24.3 Å². The van der Waals surface area contributed by atoms with Crippen molar-refractivity contribution >= 4 is 11.5 Å². The van der Waals surface area contributed by atoms with E-state index in [1.54, 1.807) is 24.3 Å². The fourth-order valence-corrected chi connectivity index (χ4v) is 4.24. The second kappa shape index (κ2) is 11.8. The van der Waals surface area contributed by atoms with Crippen molar-refractivity contribution in [3.05, 3.63) is 95.8 Å². The van der Waals surface area contributed by atoms with Gasteiger partial charge in [0.2, 0.25) is 0 Å². The van der Waals surface area contributed by atoms with Crippen molar-refractivity contribution in [3.63, 3.8) is 0 Å². The molecule has 34 heavy (non-hydrogen) atoms. The van der Waals surface area contributed by atoms with Gasteiger partial charge in [0.15, 0.2) is 5.78 Å². The number of ketones is 1. The lowest BCUT2D eigenvalue weighted by Crippen LogP contribution is -2.49. The number of hydrogen-bond acceptors (Lipinski definition) is 5. The van der Waals surface area contributed by atoms with Gasteiger partial charge in [-0.3, -0.25) is 9.69 Å². The van der Waals surface area contributed by atoms with E-state index in [4.69, 9.17) is 4.74 Å². The third-order valence-electron chi connectivity index (χ3n) is 6.14. The Morgan fingerprint density at radius 3 is 2.32 bits per heavy atom. The molecule has 6 heteroatoms. The molecule has 3 aromatic rings. The molecule has 0 amide bonds. The Kier molecular flexibility index (Phi) is 8.28. The first-order chi connectivity index (χ1) is 16.6. The molecule has 1 heterocycles. The number of anilines is 1. The van der Waals surface area contributed by atoms with Crippen LogP contribution >= 0.6 is 0 Å². The molecule has 1 aliphatic rings. The van der Waals surface area contributed by atoms with E-state index in [9.17, 15) is 14.3 Å². The van der Waals surface area contributed by atoms with Crippen LogP contribution in [0.1, 0.15) is 22.3 Å². The van der Waals surface area contributed by atoms with Crippen molar-refractivity contribution < 1.29 is 19.0 Å². The van der Waals surface area contributed by atoms with Crippen molar-refractivity contribution in [2.45, 2.75) is 18.9 Å². The van der Waals surface area contributed by atoms with Crippen LogP contribution in [0, 0.1) is 5.82 Å². The molecule has 1 saturated heterocycles. The standard InChI is InChI=1S/C28H31FN2O3/c29-23-11-13-24(14-12-23)31-18-16-30(17-19-31)20-25(32)21-34-28-9-5-4-8-26(28)27(33)15-10-22-6-2-1-3-7-22/h1-9,11-14,25,32H,10,15-21H2/t25-/m1/s1. The van der Waals surface area contributed by atoms with Gasteiger partial charge in [-0.15, -0.1) is 0 Å². The topological polar surface area (TPSA) is 53.0 Å². The summed E-state index contributed by atoms with van der Waals surface area (Å²) in [6.07, 6.45) is 0.427. The Labute approximate surface area is 200 Å². The van der Waals surface area contributed by atoms with Crippen LogP contribution in [0.5, 0.6) is 5.75 Å². The Balaban J connectivity index is 1.24. The summed E-state index contributed by atoms with van der Waals surface area (Å²) in [4.78, 5) is 17.2. The number of aryl methyl sites for hydroxylation is 1. The van der Waals surface area contributed by atoms with E-state index in [0.29, 0.717) is 30.7 Å². The van der Waals surface area contributed by atoms with Gasteiger partial charge >= 0.3 is 0 Å². The summed E-state index contributed by atoms with van der Waals surface area (Å²) >= 11 is 0. The summed E-state index contributed by atoms with van der Waals surface area (Å²) in [5.74, 6) is 0.316. The first-order valence-corrected chi connectivity index (χ1v) is 11.8. The largest absolute Gasteiger partial charge is 0.490 e. The van der Waals surface area contributed by atoms with Crippen LogP contribution in [0.4, 0.5) is 10.1 Å². The normalized spacial score (nSPS) is 15.2. The molecule has 0 unspecified atom stereocenters. The van der Waals surface area contributed by atoms with E-state index >= 15 is 0 Å². The molecule has 4 rings (SSSR count). The third kappa shape index (κ3) is 6.65. The maximum atomic E-state index is 13.1. The third-order valence-corrected chi connectivity index (χ3v) is 6.14. The minimum absolute atomic E-state index is 0.0332. The highest BCUT2D eigenvalue weighted by Gasteiger charge is 2.20. The maximum Gasteiger partial charge on any atom is 0.166 e. The number of ether oxygens (including phenoxy) is 1. The predicted octanol–water partition coefficient (Wildman–Crippen LogP) is 4.20. The zero-order valence-corrected chi connectivity index (χ0v) is 19.3. The number of benzene rings is 3. The van der Waals surface area contributed by atoms with Crippen LogP contribution in [0.25, 0.3) is 0 Å². The Bertz CT molecular complexity index is 1050. The molecule has 0 aliphatic carbocycles. The molecule has 0 aromatic heterocycles. The number of para-hydroxylation sites is 1. The van der Waals surface area contributed by atoms with Gasteiger partial charge in [0, 0.05) is 44.8 Å². The van der Waals surface area contributed by atoms with Crippen LogP contribution in [0.2, 0.25) is 0 Å². The van der Waals surface area contributed by atoms with Crippen molar-refractivity contribution in [2.24, 2.45) is 0 Å². The zero-order valence-electron chi connectivity index (χ0n) is 19.3. The lowest BCUT2D eigenvalue weighted by molar-refractivity contribution is 0.0655. The number of rotatable bonds is 10. The summed E-state index contributed by atoms with van der Waals surface area (Å²) in [5, 5.41) is 10.6. The van der Waals surface area contributed by atoms with E-state index in [2.05, 4.69) is 9.80 Å². The minimum atomic E-state index is -0.662. The summed E-state index contributed by atoms with van der Waals surface area (Å²) in [7, 11) is 0. The van der Waals surface area contributed by atoms with Gasteiger partial charge in [0.05, 0.1) is 5.56 Å². The van der Waals surface area contributed by atoms with E-state index in [1.165, 1.54) is 12.1 Å². The SMILES string of the molecule is O=C(CCc1ccccc1)c1ccccc1OC[C@H](O)CN1CCN(c2ccc(F)cc2)CC1. The van der Waals surface area contributed by atoms with E-state index in [-0.39, 0.29) is 18.2 Å². The van der Waals surface area contributed by atoms with E-state index in [1.807, 2.05) is 42.5 Å². The molecular formula is C28H31FN2O3. The first kappa shape index (κ1) is 23.9. The van der Waals surface area contributed by atoms with E-state index < -0.39 is 6.10 Å². The fraction of sp³-hybridized carbons (Fsp3) is 0.321. The van der Waals surface area contributed by atoms with Crippen molar-refractivity contribution in [2.75, 3.05) is 44.2 Å². The number of aliphatic hydroxyl groups is 1. The van der Waals surface area contributed by atoms with Crippen LogP contribution in [0.3, 0.4) is 0 Å². The molecule has 178 valence electrons. The fourth-order valence-electron chi connectivity index (χ4n) is 4.24. The Morgan fingerprint density at radius 2 is 1.59 bits per heavy atom. The number of halogens is 1. The lowest BCUT2D eigenvalue weighted by Gasteiger charge is -2.36. The summed E-state index contributed by atoms with van der Waals surface area (Å²) in [6.45, 7) is 3.88. The number of aliphatic hydroxyl groups excluding tert-OH is 1. The first-order valence-electron chi connectivity index (χ1n) is 11.8. The highest BCUT2D eigenvalue weighted by Crippen LogP contribution is 2.21. The summed E-state index contributed by atoms with van der Waals surface area (Å²) in [5.41, 5.74) is 2.70. The molecule has 0 spiro atoms. The van der Waals surface area contributed by atoms with Gasteiger partial charge in [-0.25, -0.2) is 4.39 Å². The predicted molar refractivity (Wildman–Crippen MR) is 132 cm³/mol. The quantitative estimate of drug-likeness (QED) is 0.458. The lowest BCUT2D eigenvalue weighted by atomic mass is 10.0. The zero-order chi connectivity index (χ0) is 23.8. The second-order valence-corrected chi connectivity index (χ2v) is 8.63. The molecule has 5 nitrogen and oxygen atoms in total. The monoisotopic (exact) mass is 462 g/mol. The van der Waals surface area contributed by atoms with Crippen molar-refractivity contribution in [1.29, 1.82) is 0 Å². The number of carbonyl (C=O) groups is 1. The average Bonchev–Trinajstić information content (AvgIpc) is 2.88. The number of nitrogens with zero attached hydrogens (tertiary/aromatic N) is 2. The minimum Gasteiger partial charge on any atom is -0.490 e. The highest BCUT2D eigenvalue weighted by molar-refractivity contribution is 5.98. The highest BCUT2D eigenvalue weighted by atomic mass is 19.1. The smallest absolute Gasteiger partial charge is 0.166 e. The van der Waals surface area contributed by atoms with Gasteiger partial charge < -0.3 is 14.7 Å². The Hall–Kier alpha value is -3.22. The molecule has 1 N–H and O–H groups in total. The second-order valence-electron chi connectivity index (χ2n) is 8.63. The van der Waals surface area contributed by atoms with Gasteiger partial charge in [-0.1, -0.05) is 42.5 Å². The molecule has 0 radical (unpaired) electrons. The number of piperazine rings is 1. The molecule has 1 atom stereocenters. The van der Waals surface area contributed by atoms with Crippen LogP contribution in [-0.4, -0.2) is 61.2 Å². The number of β-amino-alcohol motifs (C(OH)–C–C–N with tert-alkyl or cyclic N) is 1. The molecule has 1 aliphatic heterocycles. The maximum absolute atomic E-state index is 13.1. The number of carbonyl (C=O) groups excluding carboxylic acids is 1. The van der Waals surface area contributed by atoms with Gasteiger partial charge in [-0.05, 0) is 48.4 Å². The summed E-state index contributed by atoms with van der Waals surface area (Å²) in [6, 6.07) is 23.7. The molecule has 0 bridgehead atoms. The molecule has 1 fully saturated rings. The van der Waals surface area contributed by atoms with Crippen molar-refractivity contribution in [1.82, 2.24) is 4.90 Å². The van der Waals surface area contributed by atoms with Crippen molar-refractivity contribution in [3.8, 4) is 5.75 Å². The van der Waals surface area contributed by atoms with Gasteiger partial charge in [-0.2, -0.15) is 0 Å². The van der Waals surface area contributed by atoms with Gasteiger partial charge in [0.25, 0.3) is 0 Å². The number of hydrogen-bond donors (Lipinski definition) is 1. The average molecular weight is 463 g/mol. The molecule has 0 saturated carbocycles. The number of Topliss-reactive ketones (excluding diaryl/α,β-unsaturated/α-hetero) is 1.